The molecule has 19 heavy (non-hydrogen) atoms. The van der Waals surface area contributed by atoms with Gasteiger partial charge in [0.1, 0.15) is 6.10 Å². The van der Waals surface area contributed by atoms with E-state index in [9.17, 15) is 22.0 Å². The van der Waals surface area contributed by atoms with Crippen molar-refractivity contribution in [2.24, 2.45) is 0 Å². The molecule has 0 amide bonds. The Morgan fingerprint density at radius 2 is 1.53 bits per heavy atom. The first-order valence-electron chi connectivity index (χ1n) is 5.22. The molecule has 7 heteroatoms. The fraction of sp³-hybridized carbons (Fsp3) is 0.333. The quantitative estimate of drug-likeness (QED) is 0.294. The third-order valence-electron chi connectivity index (χ3n) is 2.15. The lowest BCUT2D eigenvalue weighted by molar-refractivity contribution is 0.190. The van der Waals surface area contributed by atoms with Gasteiger partial charge in [0, 0.05) is 6.54 Å². The molecule has 0 heterocycles. The molecular formula is C12H10F5NO. The topological polar surface area (TPSA) is 21.3 Å². The smallest absolute Gasteiger partial charge is 0.207 e. The maximum absolute atomic E-state index is 13.3. The van der Waals surface area contributed by atoms with Crippen LogP contribution in [0.4, 0.5) is 22.0 Å². The number of rotatable bonds is 5. The minimum atomic E-state index is -2.22. The number of ether oxygens (including phenoxy) is 1. The monoisotopic (exact) mass is 279 g/mol. The van der Waals surface area contributed by atoms with Gasteiger partial charge < -0.3 is 10.1 Å². The highest BCUT2D eigenvalue weighted by atomic mass is 19.2. The summed E-state index contributed by atoms with van der Waals surface area (Å²) < 4.78 is 69.7. The summed E-state index contributed by atoms with van der Waals surface area (Å²) >= 11 is 0. The molecule has 0 fully saturated rings. The predicted octanol–water partition coefficient (Wildman–Crippen LogP) is 2.37. The van der Waals surface area contributed by atoms with E-state index in [-0.39, 0.29) is 13.1 Å². The lowest BCUT2D eigenvalue weighted by Gasteiger charge is -2.16. The van der Waals surface area contributed by atoms with Crippen molar-refractivity contribution >= 4 is 0 Å². The van der Waals surface area contributed by atoms with Crippen LogP contribution in [0.25, 0.3) is 0 Å². The highest BCUT2D eigenvalue weighted by molar-refractivity contribution is 5.30. The van der Waals surface area contributed by atoms with Crippen LogP contribution in [0.15, 0.2) is 0 Å². The largest absolute Gasteiger partial charge is 0.483 e. The average Bonchev–Trinajstić information content (AvgIpc) is 2.39. The maximum atomic E-state index is 13.3. The molecule has 0 radical (unpaired) electrons. The van der Waals surface area contributed by atoms with Gasteiger partial charge in [0.2, 0.25) is 29.1 Å². The van der Waals surface area contributed by atoms with Crippen LogP contribution in [0.2, 0.25) is 0 Å². The third-order valence-corrected chi connectivity index (χ3v) is 2.15. The van der Waals surface area contributed by atoms with E-state index in [0.717, 1.165) is 0 Å². The van der Waals surface area contributed by atoms with Crippen LogP contribution >= 0.6 is 0 Å². The van der Waals surface area contributed by atoms with Crippen molar-refractivity contribution in [3.8, 4) is 18.1 Å². The Kier molecular flexibility index (Phi) is 5.12. The Morgan fingerprint density at radius 3 is 2.00 bits per heavy atom. The van der Waals surface area contributed by atoms with Crippen LogP contribution < -0.4 is 10.1 Å². The van der Waals surface area contributed by atoms with Gasteiger partial charge in [-0.05, 0) is 6.92 Å². The normalized spacial score (nSPS) is 12.1. The van der Waals surface area contributed by atoms with Crippen molar-refractivity contribution in [2.75, 3.05) is 13.1 Å². The molecule has 0 saturated carbocycles. The number of terminal acetylenes is 1. The molecule has 0 aliphatic carbocycles. The molecule has 2 nitrogen and oxygen atoms in total. The minimum absolute atomic E-state index is 0.0870. The van der Waals surface area contributed by atoms with Gasteiger partial charge in [0.15, 0.2) is 5.75 Å². The Labute approximate surface area is 106 Å². The fourth-order valence-corrected chi connectivity index (χ4v) is 1.28. The zero-order valence-corrected chi connectivity index (χ0v) is 9.87. The third kappa shape index (κ3) is 3.35. The molecule has 1 rings (SSSR count). The van der Waals surface area contributed by atoms with E-state index in [4.69, 9.17) is 11.2 Å². The first-order chi connectivity index (χ1) is 8.90. The summed E-state index contributed by atoms with van der Waals surface area (Å²) in [6, 6.07) is 0. The summed E-state index contributed by atoms with van der Waals surface area (Å²) in [7, 11) is 0. The summed E-state index contributed by atoms with van der Waals surface area (Å²) in [6.45, 7) is 1.66. The Bertz CT molecular complexity index is 483. The molecule has 0 saturated heterocycles. The minimum Gasteiger partial charge on any atom is -0.483 e. The van der Waals surface area contributed by atoms with Crippen molar-refractivity contribution in [3.05, 3.63) is 29.1 Å². The Balaban J connectivity index is 2.93. The standard InChI is InChI=1S/C12H10F5NO/c1-3-4-18-5-6(2)19-12-10(16)8(14)7(13)9(15)11(12)17/h1,6,18H,4-5H2,2H3. The van der Waals surface area contributed by atoms with Crippen LogP contribution in [0.1, 0.15) is 6.92 Å². The van der Waals surface area contributed by atoms with Crippen molar-refractivity contribution in [1.29, 1.82) is 0 Å². The van der Waals surface area contributed by atoms with Gasteiger partial charge in [0.05, 0.1) is 6.54 Å². The van der Waals surface area contributed by atoms with E-state index in [2.05, 4.69) is 11.2 Å². The second-order valence-corrected chi connectivity index (χ2v) is 3.66. The second kappa shape index (κ2) is 6.38. The number of hydrogen-bond donors (Lipinski definition) is 1. The molecule has 104 valence electrons. The average molecular weight is 279 g/mol. The molecule has 1 aromatic rings. The summed E-state index contributed by atoms with van der Waals surface area (Å²) in [5.41, 5.74) is 0. The predicted molar refractivity (Wildman–Crippen MR) is 58.0 cm³/mol. The molecule has 1 atom stereocenters. The molecule has 1 unspecified atom stereocenters. The van der Waals surface area contributed by atoms with Crippen molar-refractivity contribution in [1.82, 2.24) is 5.32 Å². The van der Waals surface area contributed by atoms with Crippen LogP contribution in [0.3, 0.4) is 0 Å². The van der Waals surface area contributed by atoms with Gasteiger partial charge in [-0.1, -0.05) is 5.92 Å². The van der Waals surface area contributed by atoms with Gasteiger partial charge in [-0.25, -0.2) is 13.2 Å². The summed E-state index contributed by atoms with van der Waals surface area (Å²) in [5.74, 6) is -9.36. The number of hydrogen-bond acceptors (Lipinski definition) is 2. The van der Waals surface area contributed by atoms with Crippen LogP contribution in [-0.4, -0.2) is 19.2 Å². The summed E-state index contributed by atoms with van der Waals surface area (Å²) in [6.07, 6.45) is 4.13. The molecule has 0 aliphatic rings. The summed E-state index contributed by atoms with van der Waals surface area (Å²) in [5, 5.41) is 2.67. The molecule has 1 aromatic carbocycles. The van der Waals surface area contributed by atoms with Gasteiger partial charge in [-0.3, -0.25) is 0 Å². The summed E-state index contributed by atoms with van der Waals surface area (Å²) in [4.78, 5) is 0. The zero-order valence-electron chi connectivity index (χ0n) is 9.87. The van der Waals surface area contributed by atoms with E-state index in [1.165, 1.54) is 6.92 Å². The number of benzene rings is 1. The Morgan fingerprint density at radius 1 is 1.05 bits per heavy atom. The van der Waals surface area contributed by atoms with Crippen LogP contribution in [-0.2, 0) is 0 Å². The zero-order chi connectivity index (χ0) is 14.6. The maximum Gasteiger partial charge on any atom is 0.207 e. The van der Waals surface area contributed by atoms with E-state index in [1.807, 2.05) is 0 Å². The van der Waals surface area contributed by atoms with Gasteiger partial charge in [-0.15, -0.1) is 6.42 Å². The fourth-order valence-electron chi connectivity index (χ4n) is 1.28. The molecule has 0 aliphatic heterocycles. The number of halogens is 5. The van der Waals surface area contributed by atoms with E-state index in [0.29, 0.717) is 0 Å². The van der Waals surface area contributed by atoms with Crippen molar-refractivity contribution in [2.45, 2.75) is 13.0 Å². The van der Waals surface area contributed by atoms with Crippen molar-refractivity contribution < 1.29 is 26.7 Å². The van der Waals surface area contributed by atoms with Crippen LogP contribution in [0.5, 0.6) is 5.75 Å². The lowest BCUT2D eigenvalue weighted by Crippen LogP contribution is -2.30. The van der Waals surface area contributed by atoms with E-state index in [1.54, 1.807) is 0 Å². The molecule has 0 aromatic heterocycles. The van der Waals surface area contributed by atoms with Gasteiger partial charge >= 0.3 is 0 Å². The SMILES string of the molecule is C#CCNCC(C)Oc1c(F)c(F)c(F)c(F)c1F. The molecule has 0 bridgehead atoms. The highest BCUT2D eigenvalue weighted by Gasteiger charge is 2.27. The van der Waals surface area contributed by atoms with E-state index >= 15 is 0 Å². The van der Waals surface area contributed by atoms with Crippen LogP contribution in [0, 0.1) is 41.4 Å². The molecular weight excluding hydrogens is 269 g/mol. The lowest BCUT2D eigenvalue weighted by atomic mass is 10.2. The Hall–Kier alpha value is -1.81. The van der Waals surface area contributed by atoms with Crippen molar-refractivity contribution in [3.63, 3.8) is 0 Å². The van der Waals surface area contributed by atoms with Gasteiger partial charge in [-0.2, -0.15) is 8.78 Å². The van der Waals surface area contributed by atoms with E-state index < -0.39 is 40.9 Å². The molecule has 1 N–H and O–H groups in total. The first-order valence-corrected chi connectivity index (χ1v) is 5.22. The number of nitrogens with one attached hydrogen (secondary N) is 1. The second-order valence-electron chi connectivity index (χ2n) is 3.66. The first kappa shape index (κ1) is 15.2. The van der Waals surface area contributed by atoms with Gasteiger partial charge in [0.25, 0.3) is 0 Å². The highest BCUT2D eigenvalue weighted by Crippen LogP contribution is 2.29. The molecule has 0 spiro atoms.